The lowest BCUT2D eigenvalue weighted by molar-refractivity contribution is -0.131. The van der Waals surface area contributed by atoms with E-state index in [9.17, 15) is 9.90 Å². The second-order valence-electron chi connectivity index (χ2n) is 6.31. The molecule has 2 atom stereocenters. The summed E-state index contributed by atoms with van der Waals surface area (Å²) in [5.74, 6) is 0.130. The second kappa shape index (κ2) is 7.90. The first-order valence-corrected chi connectivity index (χ1v) is 9.51. The van der Waals surface area contributed by atoms with Crippen LogP contribution in [0.3, 0.4) is 0 Å². The van der Waals surface area contributed by atoms with Gasteiger partial charge in [-0.15, -0.1) is 11.3 Å². The van der Waals surface area contributed by atoms with Crippen LogP contribution in [0.25, 0.3) is 0 Å². The molecule has 24 heavy (non-hydrogen) atoms. The van der Waals surface area contributed by atoms with E-state index in [-0.39, 0.29) is 11.9 Å². The largest absolute Gasteiger partial charge is 0.388 e. The number of benzene rings is 1. The van der Waals surface area contributed by atoms with E-state index in [4.69, 9.17) is 0 Å². The Kier molecular flexibility index (Phi) is 5.63. The van der Waals surface area contributed by atoms with Gasteiger partial charge in [-0.1, -0.05) is 37.3 Å². The summed E-state index contributed by atoms with van der Waals surface area (Å²) >= 11 is 1.62. The number of carbonyl (C=O) groups is 1. The van der Waals surface area contributed by atoms with Gasteiger partial charge in [0, 0.05) is 18.0 Å². The third-order valence-corrected chi connectivity index (χ3v) is 5.65. The number of hydrogen-bond acceptors (Lipinski definition) is 4. The summed E-state index contributed by atoms with van der Waals surface area (Å²) in [7, 11) is 0. The van der Waals surface area contributed by atoms with Crippen molar-refractivity contribution in [3.8, 4) is 0 Å². The Morgan fingerprint density at radius 3 is 2.92 bits per heavy atom. The smallest absolute Gasteiger partial charge is 0.228 e. The highest BCUT2D eigenvalue weighted by Crippen LogP contribution is 2.28. The quantitative estimate of drug-likeness (QED) is 0.874. The average molecular weight is 344 g/mol. The second-order valence-corrected chi connectivity index (χ2v) is 7.25. The van der Waals surface area contributed by atoms with Crippen LogP contribution in [0.15, 0.2) is 35.7 Å². The predicted molar refractivity (Wildman–Crippen MR) is 95.9 cm³/mol. The van der Waals surface area contributed by atoms with Gasteiger partial charge in [-0.05, 0) is 31.2 Å². The molecular weight excluding hydrogens is 320 g/mol. The number of aromatic nitrogens is 1. The summed E-state index contributed by atoms with van der Waals surface area (Å²) in [5.41, 5.74) is 1.79. The van der Waals surface area contributed by atoms with Crippen molar-refractivity contribution in [1.82, 2.24) is 9.88 Å². The van der Waals surface area contributed by atoms with E-state index in [1.54, 1.807) is 11.3 Å². The van der Waals surface area contributed by atoms with Crippen LogP contribution in [0.5, 0.6) is 0 Å². The van der Waals surface area contributed by atoms with E-state index in [1.807, 2.05) is 40.6 Å². The van der Waals surface area contributed by atoms with Crippen LogP contribution in [0, 0.1) is 0 Å². The van der Waals surface area contributed by atoms with Gasteiger partial charge in [-0.3, -0.25) is 4.79 Å². The lowest BCUT2D eigenvalue weighted by Gasteiger charge is -2.26. The molecule has 1 fully saturated rings. The molecule has 128 valence electrons. The maximum atomic E-state index is 12.6. The van der Waals surface area contributed by atoms with Crippen LogP contribution < -0.4 is 0 Å². The third kappa shape index (κ3) is 4.02. The highest BCUT2D eigenvalue weighted by Gasteiger charge is 2.30. The summed E-state index contributed by atoms with van der Waals surface area (Å²) in [6, 6.07) is 9.81. The number of rotatable bonds is 6. The molecule has 3 rings (SSSR count). The molecule has 5 heteroatoms. The van der Waals surface area contributed by atoms with Crippen LogP contribution in [0.1, 0.15) is 48.6 Å². The number of aliphatic hydroxyl groups excluding tert-OH is 1. The molecule has 4 nitrogen and oxygen atoms in total. The van der Waals surface area contributed by atoms with Crippen LogP contribution in [0.4, 0.5) is 0 Å². The molecule has 1 amide bonds. The van der Waals surface area contributed by atoms with Crippen molar-refractivity contribution in [3.63, 3.8) is 0 Å². The zero-order valence-electron chi connectivity index (χ0n) is 14.0. The normalized spacial score (nSPS) is 18.8. The van der Waals surface area contributed by atoms with Crippen LogP contribution in [-0.2, 0) is 17.6 Å². The molecule has 0 radical (unpaired) electrons. The van der Waals surface area contributed by atoms with Gasteiger partial charge >= 0.3 is 0 Å². The van der Waals surface area contributed by atoms with Crippen molar-refractivity contribution < 1.29 is 9.90 Å². The number of thiazole rings is 1. The summed E-state index contributed by atoms with van der Waals surface area (Å²) < 4.78 is 0. The van der Waals surface area contributed by atoms with Gasteiger partial charge in [0.1, 0.15) is 0 Å². The number of likely N-dealkylation sites (tertiary alicyclic amines) is 1. The van der Waals surface area contributed by atoms with E-state index in [1.165, 1.54) is 0 Å². The predicted octanol–water partition coefficient (Wildman–Crippen LogP) is 3.36. The lowest BCUT2D eigenvalue weighted by atomic mass is 10.0. The molecule has 1 aliphatic rings. The topological polar surface area (TPSA) is 53.4 Å². The Hall–Kier alpha value is -1.72. The average Bonchev–Trinajstić information content (AvgIpc) is 3.24. The fraction of sp³-hybridized carbons (Fsp3) is 0.474. The molecule has 1 aromatic heterocycles. The van der Waals surface area contributed by atoms with E-state index in [0.717, 1.165) is 42.1 Å². The monoisotopic (exact) mass is 344 g/mol. The van der Waals surface area contributed by atoms with Crippen molar-refractivity contribution in [2.75, 3.05) is 6.54 Å². The number of carbonyl (C=O) groups excluding carboxylic acids is 1. The highest BCUT2D eigenvalue weighted by molar-refractivity contribution is 7.09. The first-order valence-electron chi connectivity index (χ1n) is 8.63. The molecule has 1 aromatic carbocycles. The van der Waals surface area contributed by atoms with Crippen molar-refractivity contribution >= 4 is 17.2 Å². The zero-order chi connectivity index (χ0) is 16.9. The molecule has 1 N–H and O–H groups in total. The van der Waals surface area contributed by atoms with E-state index in [0.29, 0.717) is 12.8 Å². The summed E-state index contributed by atoms with van der Waals surface area (Å²) in [4.78, 5) is 19.1. The molecule has 0 bridgehead atoms. The van der Waals surface area contributed by atoms with Crippen LogP contribution in [-0.4, -0.2) is 33.5 Å². The molecule has 2 aromatic rings. The van der Waals surface area contributed by atoms with Crippen molar-refractivity contribution in [2.45, 2.75) is 51.2 Å². The van der Waals surface area contributed by atoms with Gasteiger partial charge < -0.3 is 10.0 Å². The Morgan fingerprint density at radius 2 is 2.21 bits per heavy atom. The third-order valence-electron chi connectivity index (χ3n) is 4.61. The molecular formula is C19H24N2O2S. The minimum absolute atomic E-state index is 0.122. The van der Waals surface area contributed by atoms with Gasteiger partial charge in [0.05, 0.1) is 23.2 Å². The molecule has 0 spiro atoms. The van der Waals surface area contributed by atoms with Gasteiger partial charge in [-0.2, -0.15) is 0 Å². The zero-order valence-corrected chi connectivity index (χ0v) is 14.8. The molecule has 2 heterocycles. The van der Waals surface area contributed by atoms with E-state index >= 15 is 0 Å². The Morgan fingerprint density at radius 1 is 1.42 bits per heavy atom. The van der Waals surface area contributed by atoms with Crippen molar-refractivity contribution in [1.29, 1.82) is 0 Å². The molecule has 0 saturated carbocycles. The maximum Gasteiger partial charge on any atom is 0.228 e. The molecule has 1 aliphatic heterocycles. The minimum atomic E-state index is -0.518. The lowest BCUT2D eigenvalue weighted by Crippen LogP contribution is -2.37. The summed E-state index contributed by atoms with van der Waals surface area (Å²) in [6.45, 7) is 2.86. The van der Waals surface area contributed by atoms with Crippen LogP contribution >= 0.6 is 11.3 Å². The summed E-state index contributed by atoms with van der Waals surface area (Å²) in [5, 5.41) is 13.5. The Bertz CT molecular complexity index is 671. The fourth-order valence-electron chi connectivity index (χ4n) is 3.33. The number of hydrogen-bond donors (Lipinski definition) is 1. The fourth-order valence-corrected chi connectivity index (χ4v) is 4.07. The Labute approximate surface area is 147 Å². The van der Waals surface area contributed by atoms with Crippen molar-refractivity contribution in [2.24, 2.45) is 0 Å². The number of nitrogens with zero attached hydrogens (tertiary/aromatic N) is 2. The molecule has 0 aliphatic carbocycles. The highest BCUT2D eigenvalue weighted by atomic mass is 32.1. The molecule has 1 saturated heterocycles. The Balaban J connectivity index is 1.61. The van der Waals surface area contributed by atoms with E-state index in [2.05, 4.69) is 11.9 Å². The van der Waals surface area contributed by atoms with Crippen molar-refractivity contribution in [3.05, 3.63) is 52.0 Å². The van der Waals surface area contributed by atoms with Crippen LogP contribution in [0.2, 0.25) is 0 Å². The number of aliphatic hydroxyl groups is 1. The SMILES string of the molecule is CCc1nc(CC(=O)N2CCCC2CC(O)c2ccccc2)cs1. The summed E-state index contributed by atoms with van der Waals surface area (Å²) in [6.07, 6.45) is 3.34. The first-order chi connectivity index (χ1) is 11.7. The van der Waals surface area contributed by atoms with E-state index < -0.39 is 6.10 Å². The maximum absolute atomic E-state index is 12.6. The molecule has 2 unspecified atom stereocenters. The number of aryl methyl sites for hydroxylation is 1. The van der Waals surface area contributed by atoms with Gasteiger partial charge in [-0.25, -0.2) is 4.98 Å². The standard InChI is InChI=1S/C19H24N2O2S/c1-2-18-20-15(13-24-18)11-19(23)21-10-6-9-16(21)12-17(22)14-7-4-3-5-8-14/h3-5,7-8,13,16-17,22H,2,6,9-12H2,1H3. The van der Waals surface area contributed by atoms with Gasteiger partial charge in [0.15, 0.2) is 0 Å². The minimum Gasteiger partial charge on any atom is -0.388 e. The van der Waals surface area contributed by atoms with Gasteiger partial charge in [0.2, 0.25) is 5.91 Å². The van der Waals surface area contributed by atoms with Gasteiger partial charge in [0.25, 0.3) is 0 Å². The number of amides is 1. The first kappa shape index (κ1) is 17.1.